The molecule has 0 radical (unpaired) electrons. The number of anilines is 1. The SMILES string of the molecule is COc1ccc(C(=O)NN[C@@H](C(=O)Nc2ccccc2)c2ccc(Cl)cc2)cc1. The molecule has 0 bridgehead atoms. The van der Waals surface area contributed by atoms with Crippen LogP contribution >= 0.6 is 11.6 Å². The van der Waals surface area contributed by atoms with Crippen LogP contribution in [0.2, 0.25) is 5.02 Å². The Morgan fingerprint density at radius 3 is 2.17 bits per heavy atom. The minimum atomic E-state index is -0.824. The fourth-order valence-electron chi connectivity index (χ4n) is 2.64. The van der Waals surface area contributed by atoms with Gasteiger partial charge in [0.1, 0.15) is 11.8 Å². The summed E-state index contributed by atoms with van der Waals surface area (Å²) in [7, 11) is 1.55. The Hall–Kier alpha value is -3.35. The Morgan fingerprint density at radius 2 is 1.55 bits per heavy atom. The van der Waals surface area contributed by atoms with Crippen LogP contribution in [0.25, 0.3) is 0 Å². The van der Waals surface area contributed by atoms with Gasteiger partial charge in [0, 0.05) is 16.3 Å². The second-order valence-corrected chi connectivity index (χ2v) is 6.60. The third kappa shape index (κ3) is 5.57. The highest BCUT2D eigenvalue weighted by Gasteiger charge is 2.21. The summed E-state index contributed by atoms with van der Waals surface area (Å²) >= 11 is 5.96. The summed E-state index contributed by atoms with van der Waals surface area (Å²) in [5.41, 5.74) is 7.14. The second kappa shape index (κ2) is 9.73. The molecule has 3 aromatic rings. The zero-order chi connectivity index (χ0) is 20.6. The molecule has 0 aromatic heterocycles. The zero-order valence-corrected chi connectivity index (χ0v) is 16.4. The Balaban J connectivity index is 1.74. The molecule has 7 heteroatoms. The van der Waals surface area contributed by atoms with Gasteiger partial charge in [-0.15, -0.1) is 0 Å². The highest BCUT2D eigenvalue weighted by molar-refractivity contribution is 6.30. The molecule has 0 unspecified atom stereocenters. The van der Waals surface area contributed by atoms with E-state index < -0.39 is 6.04 Å². The molecule has 0 saturated heterocycles. The molecule has 6 nitrogen and oxygen atoms in total. The number of methoxy groups -OCH3 is 1. The number of benzene rings is 3. The Bertz CT molecular complexity index is 961. The predicted molar refractivity (Wildman–Crippen MR) is 113 cm³/mol. The molecule has 148 valence electrons. The molecule has 0 saturated carbocycles. The monoisotopic (exact) mass is 409 g/mol. The van der Waals surface area contributed by atoms with Crippen molar-refractivity contribution in [2.45, 2.75) is 6.04 Å². The number of rotatable bonds is 7. The van der Waals surface area contributed by atoms with E-state index in [1.165, 1.54) is 0 Å². The topological polar surface area (TPSA) is 79.5 Å². The second-order valence-electron chi connectivity index (χ2n) is 6.17. The average molecular weight is 410 g/mol. The molecular formula is C22H20ClN3O3. The van der Waals surface area contributed by atoms with Crippen molar-refractivity contribution in [1.82, 2.24) is 10.9 Å². The highest BCUT2D eigenvalue weighted by atomic mass is 35.5. The normalized spacial score (nSPS) is 11.4. The number of para-hydroxylation sites is 1. The molecular weight excluding hydrogens is 390 g/mol. The van der Waals surface area contributed by atoms with Gasteiger partial charge in [0.25, 0.3) is 5.91 Å². The minimum absolute atomic E-state index is 0.325. The van der Waals surface area contributed by atoms with Crippen LogP contribution in [-0.2, 0) is 4.79 Å². The molecule has 0 aliphatic carbocycles. The van der Waals surface area contributed by atoms with Gasteiger partial charge in [0.15, 0.2) is 0 Å². The first-order valence-electron chi connectivity index (χ1n) is 8.88. The summed E-state index contributed by atoms with van der Waals surface area (Å²) in [6, 6.07) is 21.7. The first-order valence-corrected chi connectivity index (χ1v) is 9.26. The van der Waals surface area contributed by atoms with Crippen LogP contribution in [0, 0.1) is 0 Å². The van der Waals surface area contributed by atoms with Crippen molar-refractivity contribution < 1.29 is 14.3 Å². The van der Waals surface area contributed by atoms with Gasteiger partial charge < -0.3 is 10.1 Å². The number of amides is 2. The maximum atomic E-state index is 12.9. The van der Waals surface area contributed by atoms with Crippen molar-refractivity contribution in [2.24, 2.45) is 0 Å². The maximum Gasteiger partial charge on any atom is 0.265 e. The summed E-state index contributed by atoms with van der Waals surface area (Å²) in [6.07, 6.45) is 0. The van der Waals surface area contributed by atoms with Crippen LogP contribution in [0.1, 0.15) is 22.0 Å². The van der Waals surface area contributed by atoms with Gasteiger partial charge in [-0.05, 0) is 54.1 Å². The van der Waals surface area contributed by atoms with Gasteiger partial charge in [0.2, 0.25) is 5.91 Å². The third-order valence-electron chi connectivity index (χ3n) is 4.19. The van der Waals surface area contributed by atoms with E-state index in [-0.39, 0.29) is 11.8 Å². The molecule has 29 heavy (non-hydrogen) atoms. The smallest absolute Gasteiger partial charge is 0.265 e. The van der Waals surface area contributed by atoms with Crippen LogP contribution in [-0.4, -0.2) is 18.9 Å². The molecule has 0 aliphatic heterocycles. The minimum Gasteiger partial charge on any atom is -0.497 e. The van der Waals surface area contributed by atoms with Crippen molar-refractivity contribution in [1.29, 1.82) is 0 Å². The number of hydrazine groups is 1. The fourth-order valence-corrected chi connectivity index (χ4v) is 2.77. The predicted octanol–water partition coefficient (Wildman–Crippen LogP) is 3.96. The summed E-state index contributed by atoms with van der Waals surface area (Å²) in [6.45, 7) is 0. The van der Waals surface area contributed by atoms with E-state index >= 15 is 0 Å². The third-order valence-corrected chi connectivity index (χ3v) is 4.44. The summed E-state index contributed by atoms with van der Waals surface area (Å²) in [5, 5.41) is 3.39. The maximum absolute atomic E-state index is 12.9. The Kier molecular flexibility index (Phi) is 6.84. The number of hydrogen-bond acceptors (Lipinski definition) is 4. The number of halogens is 1. The van der Waals surface area contributed by atoms with Crippen LogP contribution in [0.15, 0.2) is 78.9 Å². The highest BCUT2D eigenvalue weighted by Crippen LogP contribution is 2.19. The van der Waals surface area contributed by atoms with Crippen LogP contribution < -0.4 is 20.9 Å². The number of carbonyl (C=O) groups is 2. The molecule has 0 fully saturated rings. The van der Waals surface area contributed by atoms with Gasteiger partial charge in [-0.1, -0.05) is 41.9 Å². The molecule has 0 aliphatic rings. The lowest BCUT2D eigenvalue weighted by Crippen LogP contribution is -2.44. The fraction of sp³-hybridized carbons (Fsp3) is 0.0909. The van der Waals surface area contributed by atoms with Crippen molar-refractivity contribution in [3.8, 4) is 5.75 Å². The van der Waals surface area contributed by atoms with Gasteiger partial charge in [-0.3, -0.25) is 15.0 Å². The number of hydrogen-bond donors (Lipinski definition) is 3. The van der Waals surface area contributed by atoms with Crippen LogP contribution in [0.4, 0.5) is 5.69 Å². The van der Waals surface area contributed by atoms with E-state index in [1.807, 2.05) is 18.2 Å². The van der Waals surface area contributed by atoms with E-state index in [4.69, 9.17) is 16.3 Å². The number of carbonyl (C=O) groups excluding carboxylic acids is 2. The summed E-state index contributed by atoms with van der Waals surface area (Å²) < 4.78 is 5.09. The lowest BCUT2D eigenvalue weighted by atomic mass is 10.1. The molecule has 3 rings (SSSR count). The van der Waals surface area contributed by atoms with E-state index in [9.17, 15) is 9.59 Å². The lowest BCUT2D eigenvalue weighted by Gasteiger charge is -2.19. The molecule has 2 amide bonds. The molecule has 0 heterocycles. The first-order chi connectivity index (χ1) is 14.1. The van der Waals surface area contributed by atoms with Gasteiger partial charge in [-0.2, -0.15) is 0 Å². The van der Waals surface area contributed by atoms with Crippen molar-refractivity contribution in [2.75, 3.05) is 12.4 Å². The number of nitrogens with one attached hydrogen (secondary N) is 3. The van der Waals surface area contributed by atoms with Crippen molar-refractivity contribution >= 4 is 29.1 Å². The Morgan fingerprint density at radius 1 is 0.897 bits per heavy atom. The molecule has 3 aromatic carbocycles. The molecule has 1 atom stereocenters. The van der Waals surface area contributed by atoms with Gasteiger partial charge >= 0.3 is 0 Å². The standard InChI is InChI=1S/C22H20ClN3O3/c1-29-19-13-9-16(10-14-19)21(27)26-25-20(15-7-11-17(23)12-8-15)22(28)24-18-5-3-2-4-6-18/h2-14,20,25H,1H3,(H,24,28)(H,26,27)/t20-/m1/s1. The van der Waals surface area contributed by atoms with Gasteiger partial charge in [0.05, 0.1) is 7.11 Å². The largest absolute Gasteiger partial charge is 0.497 e. The number of ether oxygens (including phenoxy) is 1. The lowest BCUT2D eigenvalue weighted by molar-refractivity contribution is -0.118. The molecule has 3 N–H and O–H groups in total. The molecule has 0 spiro atoms. The van der Waals surface area contributed by atoms with E-state index in [0.717, 1.165) is 0 Å². The van der Waals surface area contributed by atoms with Crippen LogP contribution in [0.5, 0.6) is 5.75 Å². The van der Waals surface area contributed by atoms with E-state index in [1.54, 1.807) is 67.8 Å². The summed E-state index contributed by atoms with van der Waals surface area (Å²) in [5.74, 6) is -0.0523. The van der Waals surface area contributed by atoms with Crippen molar-refractivity contribution in [3.05, 3.63) is 95.0 Å². The quantitative estimate of drug-likeness (QED) is 0.516. The summed E-state index contributed by atoms with van der Waals surface area (Å²) in [4.78, 5) is 25.3. The van der Waals surface area contributed by atoms with Crippen LogP contribution in [0.3, 0.4) is 0 Å². The van der Waals surface area contributed by atoms with E-state index in [2.05, 4.69) is 16.2 Å². The van der Waals surface area contributed by atoms with Crippen molar-refractivity contribution in [3.63, 3.8) is 0 Å². The average Bonchev–Trinajstić information content (AvgIpc) is 2.75. The first kappa shape index (κ1) is 20.4. The zero-order valence-electron chi connectivity index (χ0n) is 15.7. The van der Waals surface area contributed by atoms with Gasteiger partial charge in [-0.25, -0.2) is 5.43 Å². The Labute approximate surface area is 173 Å². The van der Waals surface area contributed by atoms with E-state index in [0.29, 0.717) is 27.6 Å².